The molecule has 0 aromatic heterocycles. The van der Waals surface area contributed by atoms with E-state index >= 15 is 0 Å². The molecule has 5 aliphatic rings. The highest BCUT2D eigenvalue weighted by molar-refractivity contribution is 5.21. The van der Waals surface area contributed by atoms with Crippen LogP contribution in [0.5, 0.6) is 0 Å². The van der Waals surface area contributed by atoms with Gasteiger partial charge in [0.15, 0.2) is 0 Å². The highest BCUT2D eigenvalue weighted by Gasteiger charge is 2.69. The van der Waals surface area contributed by atoms with Gasteiger partial charge in [-0.2, -0.15) is 0 Å². The van der Waals surface area contributed by atoms with Crippen molar-refractivity contribution in [3.63, 3.8) is 0 Å². The molecule has 0 spiro atoms. The third-order valence-corrected chi connectivity index (χ3v) is 7.69. The third kappa shape index (κ3) is 1.98. The Morgan fingerprint density at radius 3 is 2.50 bits per heavy atom. The van der Waals surface area contributed by atoms with E-state index in [0.29, 0.717) is 17.8 Å². The van der Waals surface area contributed by atoms with Crippen LogP contribution in [0.2, 0.25) is 0 Å². The first-order valence-electron chi connectivity index (χ1n) is 9.51. The summed E-state index contributed by atoms with van der Waals surface area (Å²) in [5.41, 5.74) is 6.71. The van der Waals surface area contributed by atoms with Gasteiger partial charge in [0.05, 0.1) is 11.2 Å². The fourth-order valence-corrected chi connectivity index (χ4v) is 7.22. The lowest BCUT2D eigenvalue weighted by Crippen LogP contribution is -2.78. The van der Waals surface area contributed by atoms with Gasteiger partial charge in [0.25, 0.3) is 0 Å². The molecule has 3 saturated carbocycles. The molecular formula is C19H33NO2. The van der Waals surface area contributed by atoms with E-state index in [-0.39, 0.29) is 29.3 Å². The zero-order valence-corrected chi connectivity index (χ0v) is 14.3. The number of aliphatic hydroxyl groups excluding tert-OH is 1. The van der Waals surface area contributed by atoms with Gasteiger partial charge < -0.3 is 15.6 Å². The zero-order valence-electron chi connectivity index (χ0n) is 14.3. The van der Waals surface area contributed by atoms with Crippen molar-refractivity contribution in [3.8, 4) is 0 Å². The van der Waals surface area contributed by atoms with Crippen LogP contribution in [-0.2, 0) is 4.74 Å². The minimum atomic E-state index is -0.213. The predicted octanol–water partition coefficient (Wildman–Crippen LogP) is 3.24. The summed E-state index contributed by atoms with van der Waals surface area (Å²) in [5, 5.41) is 9.94. The largest absolute Gasteiger partial charge is 0.396 e. The Balaban J connectivity index is 1.75. The van der Waals surface area contributed by atoms with Crippen LogP contribution in [0.1, 0.15) is 71.6 Å². The first-order valence-corrected chi connectivity index (χ1v) is 9.51. The van der Waals surface area contributed by atoms with Crippen molar-refractivity contribution >= 4 is 0 Å². The zero-order chi connectivity index (χ0) is 15.6. The second-order valence-electron chi connectivity index (χ2n) is 9.29. The molecule has 2 saturated heterocycles. The summed E-state index contributed by atoms with van der Waals surface area (Å²) in [4.78, 5) is 0. The van der Waals surface area contributed by atoms with Gasteiger partial charge in [-0.15, -0.1) is 0 Å². The average Bonchev–Trinajstić information content (AvgIpc) is 2.46. The molecule has 5 rings (SSSR count). The lowest BCUT2D eigenvalue weighted by atomic mass is 9.45. The van der Waals surface area contributed by atoms with E-state index in [1.165, 1.54) is 44.9 Å². The van der Waals surface area contributed by atoms with Crippen LogP contribution in [0.4, 0.5) is 0 Å². The van der Waals surface area contributed by atoms with Crippen LogP contribution in [0.15, 0.2) is 0 Å². The predicted molar refractivity (Wildman–Crippen MR) is 87.4 cm³/mol. The summed E-state index contributed by atoms with van der Waals surface area (Å²) in [6.45, 7) is 4.78. The molecule has 3 heteroatoms. The number of hydrogen-bond acceptors (Lipinski definition) is 3. The Hall–Kier alpha value is -0.120. The van der Waals surface area contributed by atoms with E-state index < -0.39 is 0 Å². The van der Waals surface area contributed by atoms with Crippen molar-refractivity contribution in [1.29, 1.82) is 0 Å². The Kier molecular flexibility index (Phi) is 3.46. The molecule has 2 heterocycles. The van der Waals surface area contributed by atoms with Gasteiger partial charge in [0.1, 0.15) is 0 Å². The van der Waals surface area contributed by atoms with E-state index in [2.05, 4.69) is 13.8 Å². The van der Waals surface area contributed by atoms with Gasteiger partial charge in [0.2, 0.25) is 0 Å². The van der Waals surface area contributed by atoms with E-state index in [1.807, 2.05) is 0 Å². The topological polar surface area (TPSA) is 55.5 Å². The van der Waals surface area contributed by atoms with E-state index in [9.17, 15) is 5.11 Å². The highest BCUT2D eigenvalue weighted by Crippen LogP contribution is 2.65. The fourth-order valence-electron chi connectivity index (χ4n) is 7.22. The number of aliphatic hydroxyl groups is 1. The summed E-state index contributed by atoms with van der Waals surface area (Å²) in [5.74, 6) is 2.06. The van der Waals surface area contributed by atoms with Crippen LogP contribution in [0, 0.1) is 23.7 Å². The molecule has 0 aromatic carbocycles. The maximum Gasteiger partial charge on any atom is 0.0738 e. The first-order chi connectivity index (χ1) is 10.4. The number of ether oxygens (including phenoxy) is 1. The maximum atomic E-state index is 9.94. The average molecular weight is 307 g/mol. The fraction of sp³-hybridized carbons (Fsp3) is 1.00. The van der Waals surface area contributed by atoms with Crippen molar-refractivity contribution < 1.29 is 9.84 Å². The second-order valence-corrected chi connectivity index (χ2v) is 9.29. The molecule has 22 heavy (non-hydrogen) atoms. The molecule has 3 N–H and O–H groups in total. The van der Waals surface area contributed by atoms with E-state index in [4.69, 9.17) is 10.5 Å². The lowest BCUT2D eigenvalue weighted by Gasteiger charge is -2.71. The quantitative estimate of drug-likeness (QED) is 0.823. The molecule has 5 atom stereocenters. The Labute approximate surface area is 135 Å². The van der Waals surface area contributed by atoms with Crippen LogP contribution in [0.3, 0.4) is 0 Å². The molecule has 3 nitrogen and oxygen atoms in total. The standard InChI is InChI=1S/C19H33NO2/c1-17(2)16-13-8-9-15(11-21)19(16,20)12-18(10-13,22-17)14-6-4-3-5-7-14/h13-16,21H,3-12,20H2,1-2H3. The Morgan fingerprint density at radius 1 is 1.09 bits per heavy atom. The van der Waals surface area contributed by atoms with Gasteiger partial charge in [-0.3, -0.25) is 0 Å². The highest BCUT2D eigenvalue weighted by atomic mass is 16.5. The van der Waals surface area contributed by atoms with Gasteiger partial charge in [-0.05, 0) is 64.2 Å². The smallest absolute Gasteiger partial charge is 0.0738 e. The summed E-state index contributed by atoms with van der Waals surface area (Å²) in [7, 11) is 0. The van der Waals surface area contributed by atoms with E-state index in [0.717, 1.165) is 12.8 Å². The van der Waals surface area contributed by atoms with E-state index in [1.54, 1.807) is 0 Å². The monoisotopic (exact) mass is 307 g/mol. The molecule has 3 aliphatic carbocycles. The second kappa shape index (κ2) is 4.94. The number of nitrogens with two attached hydrogens (primary N) is 1. The first kappa shape index (κ1) is 15.4. The van der Waals surface area contributed by atoms with Gasteiger partial charge in [-0.1, -0.05) is 19.3 Å². The third-order valence-electron chi connectivity index (χ3n) is 7.69. The SMILES string of the molecule is CC1(C)OC2(C3CCCCC3)CC3CCC(CO)C(N)(C2)C31. The van der Waals surface area contributed by atoms with Crippen molar-refractivity contribution in [2.75, 3.05) is 6.61 Å². The molecule has 0 aromatic rings. The molecule has 0 radical (unpaired) electrons. The molecule has 4 bridgehead atoms. The Bertz CT molecular complexity index is 445. The number of fused-ring (bicyclic) bond motifs is 1. The normalized spacial score (nSPS) is 51.0. The summed E-state index contributed by atoms with van der Waals surface area (Å²) >= 11 is 0. The Morgan fingerprint density at radius 2 is 1.82 bits per heavy atom. The van der Waals surface area contributed by atoms with Crippen LogP contribution < -0.4 is 5.73 Å². The number of hydrogen-bond donors (Lipinski definition) is 2. The molecule has 2 aliphatic heterocycles. The van der Waals surface area contributed by atoms with Gasteiger partial charge in [-0.25, -0.2) is 0 Å². The maximum absolute atomic E-state index is 9.94. The minimum absolute atomic E-state index is 0.00801. The van der Waals surface area contributed by atoms with Gasteiger partial charge >= 0.3 is 0 Å². The summed E-state index contributed by atoms with van der Waals surface area (Å²) < 4.78 is 6.83. The minimum Gasteiger partial charge on any atom is -0.396 e. The molecule has 5 unspecified atom stereocenters. The van der Waals surface area contributed by atoms with Crippen molar-refractivity contribution in [3.05, 3.63) is 0 Å². The van der Waals surface area contributed by atoms with Crippen molar-refractivity contribution in [2.45, 2.75) is 88.4 Å². The van der Waals surface area contributed by atoms with Crippen molar-refractivity contribution in [1.82, 2.24) is 0 Å². The van der Waals surface area contributed by atoms with Gasteiger partial charge in [0, 0.05) is 24.0 Å². The molecule has 126 valence electrons. The number of rotatable bonds is 2. The lowest BCUT2D eigenvalue weighted by molar-refractivity contribution is -0.320. The molecule has 5 fully saturated rings. The summed E-state index contributed by atoms with van der Waals surface area (Å²) in [6, 6.07) is 0. The molecule has 0 amide bonds. The van der Waals surface area contributed by atoms with Crippen LogP contribution >= 0.6 is 0 Å². The van der Waals surface area contributed by atoms with Crippen molar-refractivity contribution in [2.24, 2.45) is 29.4 Å². The van der Waals surface area contributed by atoms with Crippen LogP contribution in [-0.4, -0.2) is 28.5 Å². The molecular weight excluding hydrogens is 274 g/mol. The summed E-state index contributed by atoms with van der Waals surface area (Å²) in [6.07, 6.45) is 11.3. The van der Waals surface area contributed by atoms with Crippen LogP contribution in [0.25, 0.3) is 0 Å².